The van der Waals surface area contributed by atoms with Gasteiger partial charge in [0.05, 0.1) is 17.0 Å². The van der Waals surface area contributed by atoms with Gasteiger partial charge in [-0.2, -0.15) is 5.10 Å². The summed E-state index contributed by atoms with van der Waals surface area (Å²) in [6.45, 7) is 1.55. The van der Waals surface area contributed by atoms with Gasteiger partial charge in [-0.3, -0.25) is 9.48 Å². The summed E-state index contributed by atoms with van der Waals surface area (Å²) in [6, 6.07) is 0. The minimum atomic E-state index is 0.166. The summed E-state index contributed by atoms with van der Waals surface area (Å²) in [5.41, 5.74) is 3.85. The van der Waals surface area contributed by atoms with Crippen LogP contribution in [0.15, 0.2) is 11.8 Å². The van der Waals surface area contributed by atoms with Crippen molar-refractivity contribution in [1.29, 1.82) is 0 Å². The lowest BCUT2D eigenvalue weighted by Gasteiger charge is -2.24. The zero-order valence-electron chi connectivity index (χ0n) is 13.1. The number of Topliss-reactive ketones (excluding diaryl/α,β-unsaturated/α-hetero) is 1. The van der Waals surface area contributed by atoms with Gasteiger partial charge in [-0.05, 0) is 25.7 Å². The second-order valence-electron chi connectivity index (χ2n) is 6.16. The van der Waals surface area contributed by atoms with Crippen LogP contribution in [0.3, 0.4) is 0 Å². The molecule has 3 rings (SSSR count). The topological polar surface area (TPSA) is 47.4 Å². The fourth-order valence-electron chi connectivity index (χ4n) is 3.42. The fourth-order valence-corrected chi connectivity index (χ4v) is 3.42. The van der Waals surface area contributed by atoms with Crippen molar-refractivity contribution in [2.75, 3.05) is 27.3 Å². The van der Waals surface area contributed by atoms with Crippen molar-refractivity contribution in [3.63, 3.8) is 0 Å². The Morgan fingerprint density at radius 1 is 1.29 bits per heavy atom. The largest absolute Gasteiger partial charge is 0.383 e. The predicted molar refractivity (Wildman–Crippen MR) is 80.4 cm³/mol. The monoisotopic (exact) mass is 289 g/mol. The van der Waals surface area contributed by atoms with E-state index < -0.39 is 0 Å². The molecule has 0 atom stereocenters. The maximum absolute atomic E-state index is 12.8. The SMILES string of the molecule is CN(C)/C=C1\CCc2nn(C)c(C3CCOCC3)c2C1=O. The van der Waals surface area contributed by atoms with E-state index in [1.54, 1.807) is 0 Å². The standard InChI is InChI=1S/C16H23N3O2/c1-18(2)10-12-4-5-13-14(16(12)20)15(19(3)17-13)11-6-8-21-9-7-11/h10-11H,4-9H2,1-3H3/b12-10+. The minimum Gasteiger partial charge on any atom is -0.383 e. The number of fused-ring (bicyclic) bond motifs is 1. The summed E-state index contributed by atoms with van der Waals surface area (Å²) in [6.07, 6.45) is 5.55. The first-order chi connectivity index (χ1) is 10.1. The maximum atomic E-state index is 12.8. The molecule has 2 heterocycles. The van der Waals surface area contributed by atoms with Crippen LogP contribution in [0.5, 0.6) is 0 Å². The second-order valence-corrected chi connectivity index (χ2v) is 6.16. The molecule has 0 amide bonds. The lowest BCUT2D eigenvalue weighted by Crippen LogP contribution is -2.21. The Hall–Kier alpha value is -1.62. The van der Waals surface area contributed by atoms with Crippen molar-refractivity contribution < 1.29 is 9.53 Å². The van der Waals surface area contributed by atoms with Gasteiger partial charge < -0.3 is 9.64 Å². The molecule has 5 nitrogen and oxygen atoms in total. The van der Waals surface area contributed by atoms with Gasteiger partial charge in [0.15, 0.2) is 5.78 Å². The summed E-state index contributed by atoms with van der Waals surface area (Å²) in [5, 5.41) is 4.60. The zero-order valence-corrected chi connectivity index (χ0v) is 13.1. The molecule has 1 aromatic rings. The summed E-state index contributed by atoms with van der Waals surface area (Å²) < 4.78 is 7.38. The molecule has 2 aliphatic rings. The number of carbonyl (C=O) groups is 1. The fraction of sp³-hybridized carbons (Fsp3) is 0.625. The highest BCUT2D eigenvalue weighted by Crippen LogP contribution is 2.35. The Morgan fingerprint density at radius 3 is 2.67 bits per heavy atom. The minimum absolute atomic E-state index is 0.166. The molecule has 0 bridgehead atoms. The van der Waals surface area contributed by atoms with Gasteiger partial charge in [-0.25, -0.2) is 0 Å². The highest BCUT2D eigenvalue weighted by Gasteiger charge is 2.33. The Kier molecular flexibility index (Phi) is 3.85. The third-order valence-electron chi connectivity index (χ3n) is 4.34. The molecule has 0 aromatic carbocycles. The number of hydrogen-bond acceptors (Lipinski definition) is 4. The van der Waals surface area contributed by atoms with Crippen LogP contribution in [0, 0.1) is 0 Å². The van der Waals surface area contributed by atoms with E-state index in [4.69, 9.17) is 4.74 Å². The van der Waals surface area contributed by atoms with Crippen molar-refractivity contribution in [3.05, 3.63) is 28.7 Å². The zero-order chi connectivity index (χ0) is 15.0. The normalized spacial score (nSPS) is 21.7. The van der Waals surface area contributed by atoms with Crippen molar-refractivity contribution in [3.8, 4) is 0 Å². The highest BCUT2D eigenvalue weighted by atomic mass is 16.5. The number of ketones is 1. The Labute approximate surface area is 125 Å². The van der Waals surface area contributed by atoms with Crippen LogP contribution in [0.4, 0.5) is 0 Å². The lowest BCUT2D eigenvalue weighted by atomic mass is 9.85. The van der Waals surface area contributed by atoms with Gasteiger partial charge in [0.25, 0.3) is 0 Å². The van der Waals surface area contributed by atoms with Crippen molar-refractivity contribution in [1.82, 2.24) is 14.7 Å². The lowest BCUT2D eigenvalue weighted by molar-refractivity contribution is 0.0830. The van der Waals surface area contributed by atoms with Crippen LogP contribution in [0.2, 0.25) is 0 Å². The number of aromatic nitrogens is 2. The molecular formula is C16H23N3O2. The molecular weight excluding hydrogens is 266 g/mol. The second kappa shape index (κ2) is 5.64. The van der Waals surface area contributed by atoms with Crippen LogP contribution >= 0.6 is 0 Å². The number of allylic oxidation sites excluding steroid dienone is 1. The molecule has 1 aliphatic carbocycles. The van der Waals surface area contributed by atoms with Crippen LogP contribution in [-0.2, 0) is 18.2 Å². The van der Waals surface area contributed by atoms with E-state index in [-0.39, 0.29) is 5.78 Å². The molecule has 0 unspecified atom stereocenters. The van der Waals surface area contributed by atoms with Gasteiger partial charge in [-0.15, -0.1) is 0 Å². The van der Waals surface area contributed by atoms with Gasteiger partial charge in [0.1, 0.15) is 0 Å². The quantitative estimate of drug-likeness (QED) is 0.780. The van der Waals surface area contributed by atoms with E-state index in [0.717, 1.165) is 61.4 Å². The molecule has 1 saturated heterocycles. The summed E-state index contributed by atoms with van der Waals surface area (Å²) in [4.78, 5) is 14.8. The molecule has 0 spiro atoms. The third kappa shape index (κ3) is 2.62. The molecule has 21 heavy (non-hydrogen) atoms. The average molecular weight is 289 g/mol. The van der Waals surface area contributed by atoms with Crippen molar-refractivity contribution in [2.45, 2.75) is 31.6 Å². The predicted octanol–water partition coefficient (Wildman–Crippen LogP) is 1.89. The highest BCUT2D eigenvalue weighted by molar-refractivity contribution is 6.11. The maximum Gasteiger partial charge on any atom is 0.194 e. The number of rotatable bonds is 2. The summed E-state index contributed by atoms with van der Waals surface area (Å²) in [5.74, 6) is 0.558. The van der Waals surface area contributed by atoms with E-state index >= 15 is 0 Å². The Morgan fingerprint density at radius 2 is 2.00 bits per heavy atom. The molecule has 0 saturated carbocycles. The van der Waals surface area contributed by atoms with E-state index in [1.165, 1.54) is 0 Å². The smallest absolute Gasteiger partial charge is 0.194 e. The van der Waals surface area contributed by atoms with E-state index in [0.29, 0.717) is 5.92 Å². The summed E-state index contributed by atoms with van der Waals surface area (Å²) in [7, 11) is 5.88. The van der Waals surface area contributed by atoms with E-state index in [9.17, 15) is 4.79 Å². The van der Waals surface area contributed by atoms with Crippen LogP contribution < -0.4 is 0 Å². The van der Waals surface area contributed by atoms with Gasteiger partial charge in [0.2, 0.25) is 0 Å². The molecule has 1 aromatic heterocycles. The number of ether oxygens (including phenoxy) is 1. The molecule has 1 aliphatic heterocycles. The molecule has 0 N–H and O–H groups in total. The van der Waals surface area contributed by atoms with Gasteiger partial charge in [-0.1, -0.05) is 0 Å². The number of hydrogen-bond donors (Lipinski definition) is 0. The van der Waals surface area contributed by atoms with Gasteiger partial charge in [0, 0.05) is 52.0 Å². The van der Waals surface area contributed by atoms with E-state index in [1.807, 2.05) is 36.9 Å². The van der Waals surface area contributed by atoms with E-state index in [2.05, 4.69) is 5.10 Å². The molecule has 5 heteroatoms. The van der Waals surface area contributed by atoms with Crippen molar-refractivity contribution in [2.24, 2.45) is 7.05 Å². The molecule has 1 fully saturated rings. The number of nitrogens with zero attached hydrogens (tertiary/aromatic N) is 3. The van der Waals surface area contributed by atoms with Crippen LogP contribution in [-0.4, -0.2) is 47.8 Å². The first-order valence-corrected chi connectivity index (χ1v) is 7.63. The van der Waals surface area contributed by atoms with Crippen LogP contribution in [0.1, 0.15) is 46.9 Å². The molecule has 114 valence electrons. The third-order valence-corrected chi connectivity index (χ3v) is 4.34. The summed E-state index contributed by atoms with van der Waals surface area (Å²) >= 11 is 0. The first-order valence-electron chi connectivity index (χ1n) is 7.63. The van der Waals surface area contributed by atoms with Crippen molar-refractivity contribution >= 4 is 5.78 Å². The number of aryl methyl sites for hydroxylation is 2. The van der Waals surface area contributed by atoms with Crippen LogP contribution in [0.25, 0.3) is 0 Å². The van der Waals surface area contributed by atoms with Gasteiger partial charge >= 0.3 is 0 Å². The number of carbonyl (C=O) groups excluding carboxylic acids is 1. The Balaban J connectivity index is 2.01. The first kappa shape index (κ1) is 14.3. The molecule has 0 radical (unpaired) electrons. The Bertz CT molecular complexity index is 581. The average Bonchev–Trinajstić information content (AvgIpc) is 2.79.